The summed E-state index contributed by atoms with van der Waals surface area (Å²) in [5, 5.41) is 9.58. The van der Waals surface area contributed by atoms with Crippen LogP contribution in [-0.4, -0.2) is 42.2 Å². The van der Waals surface area contributed by atoms with Crippen LogP contribution in [0.5, 0.6) is 0 Å². The van der Waals surface area contributed by atoms with E-state index in [9.17, 15) is 14.3 Å². The van der Waals surface area contributed by atoms with Crippen molar-refractivity contribution in [3.63, 3.8) is 0 Å². The lowest BCUT2D eigenvalue weighted by atomic mass is 10.0. The van der Waals surface area contributed by atoms with Crippen LogP contribution in [0.1, 0.15) is 11.6 Å². The number of nitrogens with zero attached hydrogens (tertiary/aromatic N) is 2. The van der Waals surface area contributed by atoms with E-state index in [0.717, 1.165) is 18.8 Å². The molecule has 120 valence electrons. The first-order valence-corrected chi connectivity index (χ1v) is 7.67. The molecule has 23 heavy (non-hydrogen) atoms. The normalized spacial score (nSPS) is 17.0. The summed E-state index contributed by atoms with van der Waals surface area (Å²) < 4.78 is 13.1. The van der Waals surface area contributed by atoms with Crippen molar-refractivity contribution >= 4 is 11.7 Å². The number of carbonyl (C=O) groups is 1. The first-order chi connectivity index (χ1) is 11.1. The molecule has 1 unspecified atom stereocenters. The lowest BCUT2D eigenvalue weighted by Crippen LogP contribution is -2.49. The van der Waals surface area contributed by atoms with Crippen molar-refractivity contribution in [2.75, 3.05) is 31.1 Å². The Hall–Kier alpha value is -2.40. The van der Waals surface area contributed by atoms with Crippen LogP contribution < -0.4 is 4.90 Å². The molecule has 1 aliphatic rings. The molecule has 4 nitrogen and oxygen atoms in total. The van der Waals surface area contributed by atoms with Gasteiger partial charge in [-0.1, -0.05) is 30.3 Å². The molecular formula is C18H19FN2O2. The zero-order valence-corrected chi connectivity index (χ0v) is 12.7. The molecule has 2 aromatic rings. The quantitative estimate of drug-likeness (QED) is 0.942. The summed E-state index contributed by atoms with van der Waals surface area (Å²) in [5.74, 6) is -1.25. The van der Waals surface area contributed by atoms with Crippen LogP contribution in [-0.2, 0) is 4.79 Å². The Bertz CT molecular complexity index is 652. The molecule has 0 aliphatic carbocycles. The Morgan fingerprint density at radius 2 is 1.57 bits per heavy atom. The lowest BCUT2D eigenvalue weighted by Gasteiger charge is -2.38. The van der Waals surface area contributed by atoms with E-state index in [0.29, 0.717) is 18.7 Å². The van der Waals surface area contributed by atoms with Gasteiger partial charge in [0.05, 0.1) is 0 Å². The summed E-state index contributed by atoms with van der Waals surface area (Å²) >= 11 is 0. The zero-order chi connectivity index (χ0) is 16.2. The number of hydrogen-bond donors (Lipinski definition) is 1. The van der Waals surface area contributed by atoms with Gasteiger partial charge >= 0.3 is 5.97 Å². The van der Waals surface area contributed by atoms with E-state index >= 15 is 0 Å². The summed E-state index contributed by atoms with van der Waals surface area (Å²) in [6.45, 7) is 2.86. The van der Waals surface area contributed by atoms with E-state index in [1.807, 2.05) is 23.1 Å². The van der Waals surface area contributed by atoms with E-state index in [1.165, 1.54) is 12.1 Å². The van der Waals surface area contributed by atoms with Crippen LogP contribution in [0, 0.1) is 5.82 Å². The number of hydrogen-bond acceptors (Lipinski definition) is 3. The van der Waals surface area contributed by atoms with Gasteiger partial charge in [0, 0.05) is 31.9 Å². The van der Waals surface area contributed by atoms with Crippen molar-refractivity contribution in [2.45, 2.75) is 6.04 Å². The van der Waals surface area contributed by atoms with Crippen molar-refractivity contribution in [3.8, 4) is 0 Å². The number of halogens is 1. The summed E-state index contributed by atoms with van der Waals surface area (Å²) in [4.78, 5) is 15.9. The predicted molar refractivity (Wildman–Crippen MR) is 87.0 cm³/mol. The molecule has 0 saturated carbocycles. The molecule has 3 rings (SSSR count). The van der Waals surface area contributed by atoms with Crippen LogP contribution in [0.15, 0.2) is 54.6 Å². The third-order valence-corrected chi connectivity index (χ3v) is 4.22. The lowest BCUT2D eigenvalue weighted by molar-refractivity contribution is -0.143. The molecule has 1 fully saturated rings. The topological polar surface area (TPSA) is 43.8 Å². The van der Waals surface area contributed by atoms with Gasteiger partial charge in [0.2, 0.25) is 0 Å². The second-order valence-corrected chi connectivity index (χ2v) is 5.65. The minimum absolute atomic E-state index is 0.355. The van der Waals surface area contributed by atoms with Crippen molar-refractivity contribution in [2.24, 2.45) is 0 Å². The summed E-state index contributed by atoms with van der Waals surface area (Å²) in [7, 11) is 0. The molecule has 1 N–H and O–H groups in total. The van der Waals surface area contributed by atoms with E-state index in [4.69, 9.17) is 0 Å². The van der Waals surface area contributed by atoms with Crippen molar-refractivity contribution < 1.29 is 14.3 Å². The molecule has 0 radical (unpaired) electrons. The van der Waals surface area contributed by atoms with E-state index in [-0.39, 0.29) is 5.82 Å². The first kappa shape index (κ1) is 15.5. The van der Waals surface area contributed by atoms with Crippen molar-refractivity contribution in [3.05, 3.63) is 66.0 Å². The monoisotopic (exact) mass is 314 g/mol. The van der Waals surface area contributed by atoms with E-state index in [1.54, 1.807) is 12.1 Å². The van der Waals surface area contributed by atoms with Gasteiger partial charge in [-0.25, -0.2) is 4.39 Å². The zero-order valence-electron chi connectivity index (χ0n) is 12.7. The summed E-state index contributed by atoms with van der Waals surface area (Å²) in [5.41, 5.74) is 1.77. The fourth-order valence-electron chi connectivity index (χ4n) is 3.03. The minimum Gasteiger partial charge on any atom is -0.480 e. The fraction of sp³-hybridized carbons (Fsp3) is 0.278. The third-order valence-electron chi connectivity index (χ3n) is 4.22. The van der Waals surface area contributed by atoms with Gasteiger partial charge in [-0.15, -0.1) is 0 Å². The number of piperazine rings is 1. The Morgan fingerprint density at radius 1 is 0.957 bits per heavy atom. The fourth-order valence-corrected chi connectivity index (χ4v) is 3.03. The minimum atomic E-state index is -0.898. The molecule has 5 heteroatoms. The largest absolute Gasteiger partial charge is 0.480 e. The maximum absolute atomic E-state index is 13.1. The molecule has 1 heterocycles. The molecule has 0 bridgehead atoms. The van der Waals surface area contributed by atoms with Crippen LogP contribution in [0.3, 0.4) is 0 Å². The Kier molecular flexibility index (Phi) is 4.57. The Labute approximate surface area is 134 Å². The van der Waals surface area contributed by atoms with Crippen LogP contribution in [0.25, 0.3) is 0 Å². The van der Waals surface area contributed by atoms with Gasteiger partial charge in [-0.3, -0.25) is 9.69 Å². The number of carboxylic acid groups (broad SMARTS) is 1. The second kappa shape index (κ2) is 6.79. The highest BCUT2D eigenvalue weighted by molar-refractivity contribution is 5.75. The first-order valence-electron chi connectivity index (χ1n) is 7.67. The summed E-state index contributed by atoms with van der Waals surface area (Å²) in [6, 6.07) is 15.1. The van der Waals surface area contributed by atoms with E-state index < -0.39 is 12.0 Å². The van der Waals surface area contributed by atoms with Gasteiger partial charge in [-0.2, -0.15) is 0 Å². The molecule has 1 aliphatic heterocycles. The molecule has 1 atom stereocenters. The second-order valence-electron chi connectivity index (χ2n) is 5.65. The highest BCUT2D eigenvalue weighted by atomic mass is 19.1. The van der Waals surface area contributed by atoms with Crippen LogP contribution in [0.2, 0.25) is 0 Å². The van der Waals surface area contributed by atoms with Crippen molar-refractivity contribution in [1.82, 2.24) is 4.90 Å². The van der Waals surface area contributed by atoms with Crippen LogP contribution >= 0.6 is 0 Å². The molecule has 1 saturated heterocycles. The van der Waals surface area contributed by atoms with Crippen molar-refractivity contribution in [1.29, 1.82) is 0 Å². The smallest absolute Gasteiger partial charge is 0.325 e. The van der Waals surface area contributed by atoms with Gasteiger partial charge < -0.3 is 10.0 Å². The molecule has 0 amide bonds. The number of benzene rings is 2. The third kappa shape index (κ3) is 3.51. The van der Waals surface area contributed by atoms with Crippen LogP contribution in [0.4, 0.5) is 10.1 Å². The SMILES string of the molecule is O=C(O)C(c1ccc(F)cc1)N1CCN(c2ccccc2)CC1. The average Bonchev–Trinajstić information content (AvgIpc) is 2.58. The highest BCUT2D eigenvalue weighted by Crippen LogP contribution is 2.24. The molecular weight excluding hydrogens is 295 g/mol. The van der Waals surface area contributed by atoms with Gasteiger partial charge in [0.25, 0.3) is 0 Å². The predicted octanol–water partition coefficient (Wildman–Crippen LogP) is 2.77. The molecule has 0 aromatic heterocycles. The average molecular weight is 314 g/mol. The maximum atomic E-state index is 13.1. The van der Waals surface area contributed by atoms with Gasteiger partial charge in [-0.05, 0) is 29.8 Å². The number of anilines is 1. The van der Waals surface area contributed by atoms with E-state index in [2.05, 4.69) is 17.0 Å². The number of aliphatic carboxylic acids is 1. The summed E-state index contributed by atoms with van der Waals surface area (Å²) in [6.07, 6.45) is 0. The molecule has 0 spiro atoms. The number of para-hydroxylation sites is 1. The Morgan fingerprint density at radius 3 is 2.13 bits per heavy atom. The molecule has 2 aromatic carbocycles. The standard InChI is InChI=1S/C18H19FN2O2/c19-15-8-6-14(7-9-15)17(18(22)23)21-12-10-20(11-13-21)16-4-2-1-3-5-16/h1-9,17H,10-13H2,(H,22,23). The number of rotatable bonds is 4. The highest BCUT2D eigenvalue weighted by Gasteiger charge is 2.30. The van der Waals surface area contributed by atoms with Gasteiger partial charge in [0.15, 0.2) is 0 Å². The van der Waals surface area contributed by atoms with Gasteiger partial charge in [0.1, 0.15) is 11.9 Å². The number of carboxylic acids is 1. The maximum Gasteiger partial charge on any atom is 0.325 e. The Balaban J connectivity index is 1.71.